The van der Waals surface area contributed by atoms with Gasteiger partial charge in [-0.2, -0.15) is 5.10 Å². The van der Waals surface area contributed by atoms with Gasteiger partial charge in [-0.3, -0.25) is 0 Å². The van der Waals surface area contributed by atoms with E-state index in [2.05, 4.69) is 25.5 Å². The van der Waals surface area contributed by atoms with Crippen LogP contribution in [0.15, 0.2) is 48.7 Å². The molecule has 0 unspecified atom stereocenters. The molecule has 6 nitrogen and oxygen atoms in total. The van der Waals surface area contributed by atoms with Crippen molar-refractivity contribution < 1.29 is 4.39 Å². The second kappa shape index (κ2) is 7.11. The standard InChI is InChI=1S/C19H21FN6/c1-14-8-13-26(24-14)19-7-6-18(22-23-19)25-11-9-15(10-12-25)21-17-5-3-2-4-16(17)20/h2-8,13,15,21H,9-12H2,1H3. The highest BCUT2D eigenvalue weighted by molar-refractivity contribution is 5.46. The lowest BCUT2D eigenvalue weighted by Crippen LogP contribution is -2.39. The first-order chi connectivity index (χ1) is 12.7. The topological polar surface area (TPSA) is 58.9 Å². The number of aryl methyl sites for hydroxylation is 1. The van der Waals surface area contributed by atoms with Crippen LogP contribution in [0.3, 0.4) is 0 Å². The average Bonchev–Trinajstić information content (AvgIpc) is 3.11. The van der Waals surface area contributed by atoms with Gasteiger partial charge in [-0.05, 0) is 50.1 Å². The van der Waals surface area contributed by atoms with Gasteiger partial charge in [-0.15, -0.1) is 10.2 Å². The number of hydrogen-bond donors (Lipinski definition) is 1. The number of anilines is 2. The number of piperidine rings is 1. The SMILES string of the molecule is Cc1ccn(-c2ccc(N3CCC(Nc4ccccc4F)CC3)nn2)n1. The number of aromatic nitrogens is 4. The van der Waals surface area contributed by atoms with E-state index in [1.807, 2.05) is 37.4 Å². The van der Waals surface area contributed by atoms with Gasteiger partial charge in [-0.1, -0.05) is 12.1 Å². The lowest BCUT2D eigenvalue weighted by molar-refractivity contribution is 0.518. The molecule has 3 aromatic rings. The fourth-order valence-electron chi connectivity index (χ4n) is 3.20. The molecule has 1 aromatic carbocycles. The summed E-state index contributed by atoms with van der Waals surface area (Å²) in [5.74, 6) is 1.37. The van der Waals surface area contributed by atoms with Crippen LogP contribution in [-0.4, -0.2) is 39.1 Å². The Morgan fingerprint density at radius 1 is 1.00 bits per heavy atom. The Labute approximate surface area is 151 Å². The number of halogens is 1. The summed E-state index contributed by atoms with van der Waals surface area (Å²) in [6, 6.07) is 12.9. The zero-order chi connectivity index (χ0) is 17.9. The van der Waals surface area contributed by atoms with Crippen LogP contribution in [0.2, 0.25) is 0 Å². The summed E-state index contributed by atoms with van der Waals surface area (Å²) in [7, 11) is 0. The van der Waals surface area contributed by atoms with Gasteiger partial charge < -0.3 is 10.2 Å². The molecule has 1 fully saturated rings. The number of nitrogens with one attached hydrogen (secondary N) is 1. The van der Waals surface area contributed by atoms with Crippen LogP contribution in [0.4, 0.5) is 15.9 Å². The molecule has 3 heterocycles. The monoisotopic (exact) mass is 352 g/mol. The van der Waals surface area contributed by atoms with E-state index in [-0.39, 0.29) is 11.9 Å². The largest absolute Gasteiger partial charge is 0.380 e. The van der Waals surface area contributed by atoms with E-state index in [1.54, 1.807) is 16.8 Å². The first-order valence-corrected chi connectivity index (χ1v) is 8.81. The highest BCUT2D eigenvalue weighted by atomic mass is 19.1. The summed E-state index contributed by atoms with van der Waals surface area (Å²) in [6.45, 7) is 3.67. The molecule has 1 saturated heterocycles. The first kappa shape index (κ1) is 16.5. The molecular weight excluding hydrogens is 331 g/mol. The highest BCUT2D eigenvalue weighted by Gasteiger charge is 2.21. The van der Waals surface area contributed by atoms with Gasteiger partial charge in [-0.25, -0.2) is 9.07 Å². The summed E-state index contributed by atoms with van der Waals surface area (Å²) < 4.78 is 15.5. The Kier molecular flexibility index (Phi) is 4.51. The number of rotatable bonds is 4. The third kappa shape index (κ3) is 3.51. The summed E-state index contributed by atoms with van der Waals surface area (Å²) in [4.78, 5) is 2.21. The number of hydrogen-bond acceptors (Lipinski definition) is 5. The van der Waals surface area contributed by atoms with Crippen LogP contribution >= 0.6 is 0 Å². The Bertz CT molecular complexity index is 868. The Morgan fingerprint density at radius 3 is 2.38 bits per heavy atom. The number of para-hydroxylation sites is 1. The summed E-state index contributed by atoms with van der Waals surface area (Å²) in [5, 5.41) is 16.3. The lowest BCUT2D eigenvalue weighted by Gasteiger charge is -2.33. The molecule has 1 aliphatic rings. The molecule has 0 bridgehead atoms. The van der Waals surface area contributed by atoms with Gasteiger partial charge in [0.05, 0.1) is 11.4 Å². The molecular formula is C19H21FN6. The maximum absolute atomic E-state index is 13.8. The van der Waals surface area contributed by atoms with Crippen molar-refractivity contribution in [1.82, 2.24) is 20.0 Å². The average molecular weight is 352 g/mol. The van der Waals surface area contributed by atoms with E-state index in [0.717, 1.165) is 37.4 Å². The maximum Gasteiger partial charge on any atom is 0.175 e. The third-order valence-electron chi connectivity index (χ3n) is 4.65. The van der Waals surface area contributed by atoms with Gasteiger partial charge in [0, 0.05) is 25.3 Å². The molecule has 4 rings (SSSR count). The van der Waals surface area contributed by atoms with Crippen LogP contribution in [0.25, 0.3) is 5.82 Å². The maximum atomic E-state index is 13.8. The van der Waals surface area contributed by atoms with Gasteiger partial charge in [0.2, 0.25) is 0 Å². The smallest absolute Gasteiger partial charge is 0.175 e. The van der Waals surface area contributed by atoms with Gasteiger partial charge in [0.1, 0.15) is 5.82 Å². The van der Waals surface area contributed by atoms with E-state index in [1.165, 1.54) is 6.07 Å². The van der Waals surface area contributed by atoms with E-state index in [9.17, 15) is 4.39 Å². The van der Waals surface area contributed by atoms with Crippen molar-refractivity contribution in [3.05, 3.63) is 60.2 Å². The van der Waals surface area contributed by atoms with Crippen LogP contribution < -0.4 is 10.2 Å². The quantitative estimate of drug-likeness (QED) is 0.781. The number of benzene rings is 1. The second-order valence-corrected chi connectivity index (χ2v) is 6.54. The van der Waals surface area contributed by atoms with Gasteiger partial charge in [0.25, 0.3) is 0 Å². The molecule has 0 radical (unpaired) electrons. The molecule has 7 heteroatoms. The van der Waals surface area contributed by atoms with Crippen LogP contribution in [0, 0.1) is 12.7 Å². The molecule has 26 heavy (non-hydrogen) atoms. The van der Waals surface area contributed by atoms with E-state index in [4.69, 9.17) is 0 Å². The van der Waals surface area contributed by atoms with Crippen LogP contribution in [0.1, 0.15) is 18.5 Å². The van der Waals surface area contributed by atoms with E-state index >= 15 is 0 Å². The highest BCUT2D eigenvalue weighted by Crippen LogP contribution is 2.22. The molecule has 2 aromatic heterocycles. The molecule has 0 aliphatic carbocycles. The fraction of sp³-hybridized carbons (Fsp3) is 0.316. The van der Waals surface area contributed by atoms with Crippen molar-refractivity contribution in [2.45, 2.75) is 25.8 Å². The van der Waals surface area contributed by atoms with Crippen molar-refractivity contribution in [2.75, 3.05) is 23.3 Å². The summed E-state index contributed by atoms with van der Waals surface area (Å²) in [5.41, 5.74) is 1.52. The molecule has 1 N–H and O–H groups in total. The Balaban J connectivity index is 1.36. The zero-order valence-corrected chi connectivity index (χ0v) is 14.6. The summed E-state index contributed by atoms with van der Waals surface area (Å²) in [6.07, 6.45) is 3.73. The molecule has 134 valence electrons. The minimum Gasteiger partial charge on any atom is -0.380 e. The van der Waals surface area contributed by atoms with Gasteiger partial charge >= 0.3 is 0 Å². The van der Waals surface area contributed by atoms with Crippen molar-refractivity contribution in [1.29, 1.82) is 0 Å². The number of nitrogens with zero attached hydrogens (tertiary/aromatic N) is 5. The molecule has 0 spiro atoms. The van der Waals surface area contributed by atoms with Crippen molar-refractivity contribution in [3.63, 3.8) is 0 Å². The minimum absolute atomic E-state index is 0.203. The third-order valence-corrected chi connectivity index (χ3v) is 4.65. The van der Waals surface area contributed by atoms with Crippen LogP contribution in [-0.2, 0) is 0 Å². The predicted molar refractivity (Wildman–Crippen MR) is 99.1 cm³/mol. The van der Waals surface area contributed by atoms with Crippen molar-refractivity contribution in [2.24, 2.45) is 0 Å². The second-order valence-electron chi connectivity index (χ2n) is 6.54. The Hall–Kier alpha value is -2.96. The summed E-state index contributed by atoms with van der Waals surface area (Å²) >= 11 is 0. The van der Waals surface area contributed by atoms with Crippen LogP contribution in [0.5, 0.6) is 0 Å². The Morgan fingerprint density at radius 2 is 1.73 bits per heavy atom. The van der Waals surface area contributed by atoms with E-state index < -0.39 is 0 Å². The van der Waals surface area contributed by atoms with Crippen molar-refractivity contribution in [3.8, 4) is 5.82 Å². The predicted octanol–water partition coefficient (Wildman–Crippen LogP) is 3.19. The van der Waals surface area contributed by atoms with Gasteiger partial charge in [0.15, 0.2) is 11.6 Å². The normalized spacial score (nSPS) is 15.2. The minimum atomic E-state index is -0.203. The zero-order valence-electron chi connectivity index (χ0n) is 14.6. The molecule has 0 atom stereocenters. The molecule has 0 saturated carbocycles. The van der Waals surface area contributed by atoms with Crippen molar-refractivity contribution >= 4 is 11.5 Å². The fourth-order valence-corrected chi connectivity index (χ4v) is 3.20. The first-order valence-electron chi connectivity index (χ1n) is 8.81. The lowest BCUT2D eigenvalue weighted by atomic mass is 10.0. The van der Waals surface area contributed by atoms with E-state index in [0.29, 0.717) is 11.5 Å². The molecule has 0 amide bonds. The molecule has 1 aliphatic heterocycles.